The van der Waals surface area contributed by atoms with Crippen LogP contribution in [-0.2, 0) is 16.6 Å². The third kappa shape index (κ3) is 6.03. The Hall–Kier alpha value is -3.56. The highest BCUT2D eigenvalue weighted by Gasteiger charge is 2.27. The summed E-state index contributed by atoms with van der Waals surface area (Å²) in [5, 5.41) is 0. The molecule has 0 atom stereocenters. The van der Waals surface area contributed by atoms with Crippen molar-refractivity contribution in [1.29, 1.82) is 0 Å². The molecular formula is C24H25N3O5S. The van der Waals surface area contributed by atoms with E-state index >= 15 is 0 Å². The van der Waals surface area contributed by atoms with Crippen LogP contribution in [0.2, 0.25) is 0 Å². The highest BCUT2D eigenvalue weighted by molar-refractivity contribution is 7.89. The topological polar surface area (TPSA) is 106 Å². The number of carbonyl (C=O) groups is 1. The number of hydrogen-bond donors (Lipinski definition) is 3. The Balaban J connectivity index is 1.35. The normalized spacial score (nSPS) is 13.2. The number of carbonyl (C=O) groups excluding carboxylic acids is 1. The summed E-state index contributed by atoms with van der Waals surface area (Å²) >= 11 is 0. The van der Waals surface area contributed by atoms with E-state index in [4.69, 9.17) is 9.47 Å². The number of methoxy groups -OCH3 is 1. The van der Waals surface area contributed by atoms with E-state index in [-0.39, 0.29) is 16.8 Å². The first kappa shape index (κ1) is 22.6. The molecule has 0 saturated heterocycles. The Morgan fingerprint density at radius 2 is 1.70 bits per heavy atom. The quantitative estimate of drug-likeness (QED) is 0.394. The molecule has 172 valence electrons. The standard InChI is InChI=1S/C24H25N3O5S/c1-31-23-15-18(7-14-22(23)32-16-17-5-3-2-4-6-17)24(28)26-25-19-10-12-21(13-11-19)33(29,30)27-20-8-9-20/h2-7,10-15,20,25,27H,8-9,16H2,1H3,(H,26,28). The fourth-order valence-electron chi connectivity index (χ4n) is 3.07. The largest absolute Gasteiger partial charge is 0.493 e. The van der Waals surface area contributed by atoms with Gasteiger partial charge in [0.25, 0.3) is 5.91 Å². The van der Waals surface area contributed by atoms with Gasteiger partial charge in [-0.15, -0.1) is 0 Å². The van der Waals surface area contributed by atoms with Gasteiger partial charge in [-0.3, -0.25) is 15.6 Å². The molecule has 0 heterocycles. The van der Waals surface area contributed by atoms with Gasteiger partial charge < -0.3 is 9.47 Å². The molecule has 1 fully saturated rings. The molecule has 1 saturated carbocycles. The number of anilines is 1. The lowest BCUT2D eigenvalue weighted by molar-refractivity contribution is 0.0962. The fraction of sp³-hybridized carbons (Fsp3) is 0.208. The Kier molecular flexibility index (Phi) is 6.81. The lowest BCUT2D eigenvalue weighted by atomic mass is 10.2. The second-order valence-electron chi connectivity index (χ2n) is 7.64. The van der Waals surface area contributed by atoms with E-state index in [1.165, 1.54) is 19.2 Å². The van der Waals surface area contributed by atoms with Crippen LogP contribution in [0, 0.1) is 0 Å². The second kappa shape index (κ2) is 9.93. The van der Waals surface area contributed by atoms with Crippen molar-refractivity contribution in [2.45, 2.75) is 30.4 Å². The molecule has 8 nitrogen and oxygen atoms in total. The van der Waals surface area contributed by atoms with E-state index in [0.29, 0.717) is 29.4 Å². The van der Waals surface area contributed by atoms with E-state index in [1.807, 2.05) is 30.3 Å². The summed E-state index contributed by atoms with van der Waals surface area (Å²) in [4.78, 5) is 12.7. The zero-order valence-electron chi connectivity index (χ0n) is 18.1. The van der Waals surface area contributed by atoms with Crippen molar-refractivity contribution in [3.05, 3.63) is 83.9 Å². The highest BCUT2D eigenvalue weighted by Crippen LogP contribution is 2.29. The van der Waals surface area contributed by atoms with Gasteiger partial charge in [0.1, 0.15) is 6.61 Å². The molecule has 3 aromatic carbocycles. The predicted octanol–water partition coefficient (Wildman–Crippen LogP) is 3.47. The first-order valence-electron chi connectivity index (χ1n) is 10.5. The van der Waals surface area contributed by atoms with Crippen molar-refractivity contribution in [2.24, 2.45) is 0 Å². The number of sulfonamides is 1. The van der Waals surface area contributed by atoms with Crippen LogP contribution in [0.4, 0.5) is 5.69 Å². The zero-order valence-corrected chi connectivity index (χ0v) is 18.9. The Morgan fingerprint density at radius 1 is 0.970 bits per heavy atom. The maximum atomic E-state index is 12.6. The van der Waals surface area contributed by atoms with Crippen molar-refractivity contribution in [1.82, 2.24) is 10.1 Å². The smallest absolute Gasteiger partial charge is 0.269 e. The summed E-state index contributed by atoms with van der Waals surface area (Å²) in [6.07, 6.45) is 1.74. The molecular weight excluding hydrogens is 442 g/mol. The first-order chi connectivity index (χ1) is 15.9. The van der Waals surface area contributed by atoms with Crippen LogP contribution in [0.5, 0.6) is 11.5 Å². The summed E-state index contributed by atoms with van der Waals surface area (Å²) in [5.41, 5.74) is 7.32. The minimum atomic E-state index is -3.51. The molecule has 1 amide bonds. The van der Waals surface area contributed by atoms with Gasteiger partial charge in [0, 0.05) is 11.6 Å². The minimum Gasteiger partial charge on any atom is -0.493 e. The Morgan fingerprint density at radius 3 is 2.36 bits per heavy atom. The fourth-order valence-corrected chi connectivity index (χ4v) is 4.38. The maximum Gasteiger partial charge on any atom is 0.269 e. The molecule has 3 N–H and O–H groups in total. The molecule has 0 bridgehead atoms. The van der Waals surface area contributed by atoms with Crippen LogP contribution in [0.1, 0.15) is 28.8 Å². The van der Waals surface area contributed by atoms with Crippen LogP contribution in [-0.4, -0.2) is 27.5 Å². The van der Waals surface area contributed by atoms with Gasteiger partial charge in [-0.2, -0.15) is 0 Å². The molecule has 9 heteroatoms. The molecule has 1 aliphatic carbocycles. The summed E-state index contributed by atoms with van der Waals surface area (Å²) < 4.78 is 38.3. The van der Waals surface area contributed by atoms with E-state index in [2.05, 4.69) is 15.6 Å². The van der Waals surface area contributed by atoms with E-state index in [1.54, 1.807) is 30.3 Å². The van der Waals surface area contributed by atoms with Gasteiger partial charge in [-0.1, -0.05) is 30.3 Å². The van der Waals surface area contributed by atoms with Crippen molar-refractivity contribution in [2.75, 3.05) is 12.5 Å². The van der Waals surface area contributed by atoms with Crippen molar-refractivity contribution >= 4 is 21.6 Å². The average molecular weight is 468 g/mol. The lowest BCUT2D eigenvalue weighted by Gasteiger charge is -2.13. The van der Waals surface area contributed by atoms with E-state index < -0.39 is 10.0 Å². The highest BCUT2D eigenvalue weighted by atomic mass is 32.2. The number of rotatable bonds is 10. The number of amides is 1. The third-order valence-electron chi connectivity index (χ3n) is 5.05. The Bertz CT molecular complexity index is 1210. The number of benzene rings is 3. The molecule has 3 aromatic rings. The molecule has 1 aliphatic rings. The van der Waals surface area contributed by atoms with Crippen molar-refractivity contribution < 1.29 is 22.7 Å². The minimum absolute atomic E-state index is 0.0409. The summed E-state index contributed by atoms with van der Waals surface area (Å²) in [6.45, 7) is 0.381. The van der Waals surface area contributed by atoms with Gasteiger partial charge in [0.15, 0.2) is 11.5 Å². The van der Waals surface area contributed by atoms with Gasteiger partial charge >= 0.3 is 0 Å². The van der Waals surface area contributed by atoms with Crippen LogP contribution >= 0.6 is 0 Å². The van der Waals surface area contributed by atoms with Gasteiger partial charge in [0.05, 0.1) is 17.7 Å². The summed E-state index contributed by atoms with van der Waals surface area (Å²) in [6, 6.07) is 20.8. The first-order valence-corrected chi connectivity index (χ1v) is 12.0. The van der Waals surface area contributed by atoms with Crippen LogP contribution in [0.15, 0.2) is 77.7 Å². The molecule has 33 heavy (non-hydrogen) atoms. The predicted molar refractivity (Wildman–Crippen MR) is 125 cm³/mol. The lowest BCUT2D eigenvalue weighted by Crippen LogP contribution is -2.29. The molecule has 0 radical (unpaired) electrons. The molecule has 0 aliphatic heterocycles. The van der Waals surface area contributed by atoms with Gasteiger partial charge in [-0.25, -0.2) is 13.1 Å². The van der Waals surface area contributed by atoms with Gasteiger partial charge in [-0.05, 0) is 60.9 Å². The molecule has 0 unspecified atom stereocenters. The number of hydrogen-bond acceptors (Lipinski definition) is 6. The van der Waals surface area contributed by atoms with Crippen molar-refractivity contribution in [3.8, 4) is 11.5 Å². The number of ether oxygens (including phenoxy) is 2. The SMILES string of the molecule is COc1cc(C(=O)NNc2ccc(S(=O)(=O)NC3CC3)cc2)ccc1OCc1ccccc1. The molecule has 0 spiro atoms. The van der Waals surface area contributed by atoms with Crippen LogP contribution in [0.25, 0.3) is 0 Å². The monoisotopic (exact) mass is 467 g/mol. The van der Waals surface area contributed by atoms with E-state index in [0.717, 1.165) is 18.4 Å². The molecule has 0 aromatic heterocycles. The second-order valence-corrected chi connectivity index (χ2v) is 9.35. The van der Waals surface area contributed by atoms with Crippen molar-refractivity contribution in [3.63, 3.8) is 0 Å². The van der Waals surface area contributed by atoms with Gasteiger partial charge in [0.2, 0.25) is 10.0 Å². The third-order valence-corrected chi connectivity index (χ3v) is 6.58. The van der Waals surface area contributed by atoms with Crippen LogP contribution < -0.4 is 25.0 Å². The van der Waals surface area contributed by atoms with E-state index in [9.17, 15) is 13.2 Å². The average Bonchev–Trinajstić information content (AvgIpc) is 3.65. The van der Waals surface area contributed by atoms with Crippen LogP contribution in [0.3, 0.4) is 0 Å². The Labute approximate surface area is 192 Å². The molecule has 4 rings (SSSR count). The summed E-state index contributed by atoms with van der Waals surface area (Å²) in [7, 11) is -2.00. The zero-order chi connectivity index (χ0) is 23.3. The maximum absolute atomic E-state index is 12.6. The summed E-state index contributed by atoms with van der Waals surface area (Å²) in [5.74, 6) is 0.591. The number of nitrogens with one attached hydrogen (secondary N) is 3. The number of hydrazine groups is 1.